The van der Waals surface area contributed by atoms with Gasteiger partial charge in [-0.05, 0) is 22.0 Å². The van der Waals surface area contributed by atoms with E-state index in [-0.39, 0.29) is 13.0 Å². The van der Waals surface area contributed by atoms with Gasteiger partial charge in [-0.15, -0.1) is 0 Å². The van der Waals surface area contributed by atoms with E-state index in [1.807, 2.05) is 0 Å². The molecule has 0 saturated heterocycles. The van der Waals surface area contributed by atoms with Gasteiger partial charge in [0.25, 0.3) is 0 Å². The summed E-state index contributed by atoms with van der Waals surface area (Å²) in [5.41, 5.74) is 0. The second kappa shape index (κ2) is 6.34. The number of rotatable bonds is 6. The number of hydrogen-bond acceptors (Lipinski definition) is 4. The highest BCUT2D eigenvalue weighted by Gasteiger charge is 2.11. The van der Waals surface area contributed by atoms with Gasteiger partial charge in [0, 0.05) is 6.07 Å². The van der Waals surface area contributed by atoms with Crippen LogP contribution in [0.5, 0.6) is 17.2 Å². The Balaban J connectivity index is 2.80. The van der Waals surface area contributed by atoms with Gasteiger partial charge in [0.05, 0.1) is 31.7 Å². The fourth-order valence-electron chi connectivity index (χ4n) is 1.23. The van der Waals surface area contributed by atoms with Crippen molar-refractivity contribution < 1.29 is 24.1 Å². The zero-order valence-electron chi connectivity index (χ0n) is 9.53. The van der Waals surface area contributed by atoms with Crippen LogP contribution in [0, 0.1) is 0 Å². The normalized spacial score (nSPS) is 9.82. The van der Waals surface area contributed by atoms with E-state index in [2.05, 4.69) is 15.9 Å². The molecule has 0 amide bonds. The van der Waals surface area contributed by atoms with Crippen molar-refractivity contribution in [3.8, 4) is 17.2 Å². The highest BCUT2D eigenvalue weighted by molar-refractivity contribution is 9.10. The summed E-state index contributed by atoms with van der Waals surface area (Å²) in [6.45, 7) is 0.108. The van der Waals surface area contributed by atoms with Crippen LogP contribution in [0.1, 0.15) is 6.42 Å². The molecule has 6 heteroatoms. The maximum absolute atomic E-state index is 10.3. The lowest BCUT2D eigenvalue weighted by Gasteiger charge is -2.12. The summed E-state index contributed by atoms with van der Waals surface area (Å²) in [5.74, 6) is 0.714. The van der Waals surface area contributed by atoms with Gasteiger partial charge in [0.1, 0.15) is 5.75 Å². The standard InChI is InChI=1S/C11H13BrO5/c1-15-9-6-7(17-4-3-10(13)14)5-8(12)11(9)16-2/h5-6H,3-4H2,1-2H3,(H,13,14). The molecule has 1 rings (SSSR count). The predicted octanol–water partition coefficient (Wildman–Crippen LogP) is 2.32. The number of methoxy groups -OCH3 is 2. The Bertz CT molecular complexity index is 405. The molecule has 0 atom stereocenters. The molecule has 94 valence electrons. The second-order valence-electron chi connectivity index (χ2n) is 3.13. The summed E-state index contributed by atoms with van der Waals surface area (Å²) in [6, 6.07) is 3.34. The van der Waals surface area contributed by atoms with Gasteiger partial charge in [0.2, 0.25) is 0 Å². The Morgan fingerprint density at radius 1 is 1.35 bits per heavy atom. The first kappa shape index (κ1) is 13.6. The summed E-state index contributed by atoms with van der Waals surface area (Å²) < 4.78 is 16.3. The maximum atomic E-state index is 10.3. The van der Waals surface area contributed by atoms with Crippen LogP contribution in [0.15, 0.2) is 16.6 Å². The average Bonchev–Trinajstić information content (AvgIpc) is 2.27. The van der Waals surface area contributed by atoms with E-state index in [9.17, 15) is 4.79 Å². The molecule has 0 heterocycles. The van der Waals surface area contributed by atoms with E-state index in [0.29, 0.717) is 21.7 Å². The molecule has 0 aliphatic heterocycles. The minimum Gasteiger partial charge on any atom is -0.493 e. The quantitative estimate of drug-likeness (QED) is 0.874. The third-order valence-corrected chi connectivity index (χ3v) is 2.58. The fourth-order valence-corrected chi connectivity index (χ4v) is 1.82. The number of aliphatic carboxylic acids is 1. The Morgan fingerprint density at radius 3 is 2.59 bits per heavy atom. The van der Waals surface area contributed by atoms with Gasteiger partial charge < -0.3 is 19.3 Å². The van der Waals surface area contributed by atoms with E-state index in [0.717, 1.165) is 0 Å². The topological polar surface area (TPSA) is 65.0 Å². The summed E-state index contributed by atoms with van der Waals surface area (Å²) in [5, 5.41) is 8.50. The summed E-state index contributed by atoms with van der Waals surface area (Å²) >= 11 is 3.32. The van der Waals surface area contributed by atoms with Crippen LogP contribution >= 0.6 is 15.9 Å². The minimum absolute atomic E-state index is 0.0496. The van der Waals surface area contributed by atoms with Gasteiger partial charge in [-0.25, -0.2) is 0 Å². The molecule has 0 saturated carbocycles. The molecule has 0 aromatic heterocycles. The van der Waals surface area contributed by atoms with E-state index >= 15 is 0 Å². The first-order chi connectivity index (χ1) is 8.08. The molecular weight excluding hydrogens is 292 g/mol. The molecular formula is C11H13BrO5. The third kappa shape index (κ3) is 3.81. The van der Waals surface area contributed by atoms with Gasteiger partial charge in [-0.1, -0.05) is 0 Å². The number of ether oxygens (including phenoxy) is 3. The zero-order valence-corrected chi connectivity index (χ0v) is 11.1. The molecule has 0 radical (unpaired) electrons. The number of carboxylic acids is 1. The van der Waals surface area contributed by atoms with Crippen LogP contribution in [0.3, 0.4) is 0 Å². The fraction of sp³-hybridized carbons (Fsp3) is 0.364. The maximum Gasteiger partial charge on any atom is 0.306 e. The molecule has 0 spiro atoms. The average molecular weight is 305 g/mol. The van der Waals surface area contributed by atoms with Crippen molar-refractivity contribution in [3.05, 3.63) is 16.6 Å². The minimum atomic E-state index is -0.899. The van der Waals surface area contributed by atoms with Crippen molar-refractivity contribution in [1.29, 1.82) is 0 Å². The molecule has 0 aliphatic carbocycles. The van der Waals surface area contributed by atoms with Crippen LogP contribution in [-0.4, -0.2) is 31.9 Å². The molecule has 1 aromatic rings. The number of carbonyl (C=O) groups is 1. The largest absolute Gasteiger partial charge is 0.493 e. The molecule has 0 aliphatic rings. The smallest absolute Gasteiger partial charge is 0.306 e. The second-order valence-corrected chi connectivity index (χ2v) is 3.99. The molecule has 5 nitrogen and oxygen atoms in total. The lowest BCUT2D eigenvalue weighted by atomic mass is 10.3. The van der Waals surface area contributed by atoms with Crippen LogP contribution in [0.25, 0.3) is 0 Å². The van der Waals surface area contributed by atoms with Crippen molar-refractivity contribution in [3.63, 3.8) is 0 Å². The van der Waals surface area contributed by atoms with Crippen molar-refractivity contribution >= 4 is 21.9 Å². The number of halogens is 1. The molecule has 0 bridgehead atoms. The van der Waals surface area contributed by atoms with Crippen LogP contribution in [-0.2, 0) is 4.79 Å². The summed E-state index contributed by atoms with van der Waals surface area (Å²) in [7, 11) is 3.05. The van der Waals surface area contributed by atoms with Crippen molar-refractivity contribution in [1.82, 2.24) is 0 Å². The number of carboxylic acid groups (broad SMARTS) is 1. The predicted molar refractivity (Wildman–Crippen MR) is 65.0 cm³/mol. The lowest BCUT2D eigenvalue weighted by Crippen LogP contribution is -2.05. The number of hydrogen-bond donors (Lipinski definition) is 1. The summed E-state index contributed by atoms with van der Waals surface area (Å²) in [4.78, 5) is 10.3. The lowest BCUT2D eigenvalue weighted by molar-refractivity contribution is -0.137. The Hall–Kier alpha value is -1.43. The first-order valence-corrected chi connectivity index (χ1v) is 5.64. The molecule has 0 fully saturated rings. The van der Waals surface area contributed by atoms with Gasteiger partial charge in [0.15, 0.2) is 11.5 Å². The van der Waals surface area contributed by atoms with Crippen molar-refractivity contribution in [2.75, 3.05) is 20.8 Å². The molecule has 1 aromatic carbocycles. The molecule has 17 heavy (non-hydrogen) atoms. The molecule has 0 unspecified atom stereocenters. The van der Waals surface area contributed by atoms with E-state index in [1.165, 1.54) is 14.2 Å². The summed E-state index contributed by atoms with van der Waals surface area (Å²) in [6.07, 6.45) is -0.0496. The highest BCUT2D eigenvalue weighted by Crippen LogP contribution is 2.38. The van der Waals surface area contributed by atoms with Crippen LogP contribution < -0.4 is 14.2 Å². The highest BCUT2D eigenvalue weighted by atomic mass is 79.9. The zero-order chi connectivity index (χ0) is 12.8. The van der Waals surface area contributed by atoms with Crippen molar-refractivity contribution in [2.24, 2.45) is 0 Å². The Kier molecular flexibility index (Phi) is 5.09. The molecule has 1 N–H and O–H groups in total. The van der Waals surface area contributed by atoms with E-state index < -0.39 is 5.97 Å². The Labute approximate surface area is 107 Å². The van der Waals surface area contributed by atoms with Crippen molar-refractivity contribution in [2.45, 2.75) is 6.42 Å². The van der Waals surface area contributed by atoms with E-state index in [4.69, 9.17) is 19.3 Å². The van der Waals surface area contributed by atoms with E-state index in [1.54, 1.807) is 12.1 Å². The van der Waals surface area contributed by atoms with Gasteiger partial charge in [-0.2, -0.15) is 0 Å². The number of benzene rings is 1. The van der Waals surface area contributed by atoms with Crippen LogP contribution in [0.4, 0.5) is 0 Å². The van der Waals surface area contributed by atoms with Crippen LogP contribution in [0.2, 0.25) is 0 Å². The third-order valence-electron chi connectivity index (χ3n) is 1.99. The SMILES string of the molecule is COc1cc(OCCC(=O)O)cc(Br)c1OC. The first-order valence-electron chi connectivity index (χ1n) is 4.84. The van der Waals surface area contributed by atoms with Gasteiger partial charge in [-0.3, -0.25) is 4.79 Å². The monoisotopic (exact) mass is 304 g/mol. The van der Waals surface area contributed by atoms with Gasteiger partial charge >= 0.3 is 5.97 Å². The Morgan fingerprint density at radius 2 is 2.06 bits per heavy atom.